The summed E-state index contributed by atoms with van der Waals surface area (Å²) in [6.45, 7) is 3.10. The Hall–Kier alpha value is -3.85. The lowest BCUT2D eigenvalue weighted by molar-refractivity contribution is 0.0945. The number of aromatic nitrogens is 1. The van der Waals surface area contributed by atoms with Crippen LogP contribution in [0.2, 0.25) is 0 Å². The normalized spacial score (nSPS) is 11.5. The fraction of sp³-hybridized carbons (Fsp3) is 0.240. The van der Waals surface area contributed by atoms with Gasteiger partial charge in [0.25, 0.3) is 11.5 Å². The first-order valence-electron chi connectivity index (χ1n) is 10.6. The van der Waals surface area contributed by atoms with Crippen LogP contribution in [0.5, 0.6) is 5.75 Å². The van der Waals surface area contributed by atoms with Crippen LogP contribution in [0.3, 0.4) is 0 Å². The zero-order chi connectivity index (χ0) is 24.5. The van der Waals surface area contributed by atoms with Crippen molar-refractivity contribution in [2.75, 3.05) is 13.7 Å². The van der Waals surface area contributed by atoms with Gasteiger partial charge in [-0.05, 0) is 19.9 Å². The molecule has 0 aliphatic carbocycles. The van der Waals surface area contributed by atoms with E-state index in [1.165, 1.54) is 11.7 Å². The number of carbonyl (C=O) groups is 2. The van der Waals surface area contributed by atoms with Crippen LogP contribution in [-0.2, 0) is 6.54 Å². The molecule has 0 atom stereocenters. The van der Waals surface area contributed by atoms with Crippen molar-refractivity contribution in [3.8, 4) is 5.75 Å². The van der Waals surface area contributed by atoms with Gasteiger partial charge in [-0.3, -0.25) is 19.0 Å². The number of rotatable bonds is 8. The molecular formula is C25H23N3O5S. The summed E-state index contributed by atoms with van der Waals surface area (Å²) in [5.41, 5.74) is -0.301. The van der Waals surface area contributed by atoms with E-state index in [-0.39, 0.29) is 34.9 Å². The van der Waals surface area contributed by atoms with Gasteiger partial charge < -0.3 is 10.1 Å². The van der Waals surface area contributed by atoms with Crippen LogP contribution in [0, 0.1) is 4.91 Å². The monoisotopic (exact) mass is 477 g/mol. The summed E-state index contributed by atoms with van der Waals surface area (Å²) in [5, 5.41) is 6.68. The molecule has 1 N–H and O–H groups in total. The molecule has 0 radical (unpaired) electrons. The molecule has 2 aromatic carbocycles. The summed E-state index contributed by atoms with van der Waals surface area (Å²) in [6, 6.07) is 16.0. The van der Waals surface area contributed by atoms with Gasteiger partial charge in [-0.15, -0.1) is 11.3 Å². The molecule has 4 aromatic rings. The van der Waals surface area contributed by atoms with Crippen molar-refractivity contribution < 1.29 is 14.3 Å². The maximum Gasteiger partial charge on any atom is 0.265 e. The number of methoxy groups -OCH3 is 1. The predicted molar refractivity (Wildman–Crippen MR) is 133 cm³/mol. The summed E-state index contributed by atoms with van der Waals surface area (Å²) in [4.78, 5) is 50.7. The molecule has 0 spiro atoms. The number of thiophene rings is 1. The second-order valence-corrected chi connectivity index (χ2v) is 9.47. The fourth-order valence-electron chi connectivity index (χ4n) is 3.71. The second-order valence-electron chi connectivity index (χ2n) is 8.45. The number of nitrogens with zero attached hydrogens (tertiary/aromatic N) is 2. The molecule has 34 heavy (non-hydrogen) atoms. The summed E-state index contributed by atoms with van der Waals surface area (Å²) in [6.07, 6.45) is 0. The van der Waals surface area contributed by atoms with E-state index in [1.54, 1.807) is 50.2 Å². The van der Waals surface area contributed by atoms with Crippen molar-refractivity contribution in [2.24, 2.45) is 5.18 Å². The SMILES string of the molecule is COc1c(C(=O)NCC(C)(C)N=O)sc2c1c(=O)n(CC(=O)c1ccccc1)c1ccccc21. The number of ketones is 1. The first-order valence-corrected chi connectivity index (χ1v) is 11.4. The number of hydrogen-bond donors (Lipinski definition) is 1. The Morgan fingerprint density at radius 1 is 1.09 bits per heavy atom. The number of carbonyl (C=O) groups excluding carboxylic acids is 2. The number of benzene rings is 2. The van der Waals surface area contributed by atoms with E-state index in [0.717, 1.165) is 16.7 Å². The Kier molecular flexibility index (Phi) is 6.30. The van der Waals surface area contributed by atoms with Gasteiger partial charge in [0.1, 0.15) is 15.8 Å². The molecule has 4 rings (SSSR count). The fourth-order valence-corrected chi connectivity index (χ4v) is 4.93. The van der Waals surface area contributed by atoms with E-state index in [2.05, 4.69) is 10.5 Å². The molecule has 2 heterocycles. The second kappa shape index (κ2) is 9.18. The largest absolute Gasteiger partial charge is 0.494 e. The van der Waals surface area contributed by atoms with Crippen LogP contribution in [0.15, 0.2) is 64.6 Å². The summed E-state index contributed by atoms with van der Waals surface area (Å²) in [7, 11) is 1.39. The maximum atomic E-state index is 13.6. The van der Waals surface area contributed by atoms with Gasteiger partial charge in [-0.25, -0.2) is 0 Å². The first kappa shape index (κ1) is 23.3. The highest BCUT2D eigenvalue weighted by molar-refractivity contribution is 7.22. The highest BCUT2D eigenvalue weighted by Gasteiger charge is 2.27. The molecule has 2 aromatic heterocycles. The average molecular weight is 478 g/mol. The Morgan fingerprint density at radius 3 is 2.44 bits per heavy atom. The quantitative estimate of drug-likeness (QED) is 0.299. The number of fused-ring (bicyclic) bond motifs is 3. The van der Waals surface area contributed by atoms with Crippen LogP contribution < -0.4 is 15.6 Å². The minimum Gasteiger partial charge on any atom is -0.494 e. The van der Waals surface area contributed by atoms with Gasteiger partial charge in [0.05, 0.1) is 23.9 Å². The number of pyridine rings is 1. The molecule has 0 bridgehead atoms. The molecule has 8 nitrogen and oxygen atoms in total. The molecule has 0 fully saturated rings. The number of nitroso groups, excluding NO2 is 1. The van der Waals surface area contributed by atoms with Crippen LogP contribution >= 0.6 is 11.3 Å². The number of amides is 1. The third-order valence-corrected chi connectivity index (χ3v) is 6.70. The molecule has 174 valence electrons. The number of Topliss-reactive ketones (excluding diaryl/α,β-unsaturated/α-hetero) is 1. The predicted octanol–water partition coefficient (Wildman–Crippen LogP) is 4.38. The van der Waals surface area contributed by atoms with E-state index in [0.29, 0.717) is 15.8 Å². The lowest BCUT2D eigenvalue weighted by atomic mass is 10.1. The average Bonchev–Trinajstić information content (AvgIpc) is 3.26. The van der Waals surface area contributed by atoms with Crippen molar-refractivity contribution in [3.05, 3.63) is 80.3 Å². The molecule has 9 heteroatoms. The third kappa shape index (κ3) is 4.22. The minimum atomic E-state index is -0.975. The van der Waals surface area contributed by atoms with Gasteiger partial charge >= 0.3 is 0 Å². The smallest absolute Gasteiger partial charge is 0.265 e. The molecule has 0 unspecified atom stereocenters. The van der Waals surface area contributed by atoms with E-state index in [1.807, 2.05) is 18.2 Å². The molecule has 0 aliphatic rings. The van der Waals surface area contributed by atoms with Crippen molar-refractivity contribution in [3.63, 3.8) is 0 Å². The molecular weight excluding hydrogens is 454 g/mol. The van der Waals surface area contributed by atoms with Crippen LogP contribution in [0.4, 0.5) is 0 Å². The highest BCUT2D eigenvalue weighted by Crippen LogP contribution is 2.39. The van der Waals surface area contributed by atoms with Crippen molar-refractivity contribution in [1.29, 1.82) is 0 Å². The number of ether oxygens (including phenoxy) is 1. The van der Waals surface area contributed by atoms with Crippen LogP contribution in [0.1, 0.15) is 33.9 Å². The van der Waals surface area contributed by atoms with E-state index < -0.39 is 17.0 Å². The topological polar surface area (TPSA) is 107 Å². The van der Waals surface area contributed by atoms with Gasteiger partial charge in [-0.1, -0.05) is 53.7 Å². The lowest BCUT2D eigenvalue weighted by Gasteiger charge is -2.15. The number of para-hydroxylation sites is 1. The van der Waals surface area contributed by atoms with E-state index >= 15 is 0 Å². The standard InChI is InChI=1S/C25H23N3O5S/c1-25(2,27-32)14-26-23(30)22-20(33-3)19-21(34-22)16-11-7-8-12-17(16)28(24(19)31)13-18(29)15-9-5-4-6-10-15/h4-12H,13-14H2,1-3H3,(H,26,30). The number of nitrogens with one attached hydrogen (secondary N) is 1. The number of hydrogen-bond acceptors (Lipinski definition) is 7. The molecule has 0 aliphatic heterocycles. The summed E-state index contributed by atoms with van der Waals surface area (Å²) in [5.74, 6) is -0.529. The van der Waals surface area contributed by atoms with Gasteiger partial charge in [-0.2, -0.15) is 4.91 Å². The Bertz CT molecular complexity index is 1470. The zero-order valence-corrected chi connectivity index (χ0v) is 19.8. The van der Waals surface area contributed by atoms with E-state index in [4.69, 9.17) is 4.74 Å². The van der Waals surface area contributed by atoms with Crippen molar-refractivity contribution in [2.45, 2.75) is 25.9 Å². The Morgan fingerprint density at radius 2 is 1.76 bits per heavy atom. The third-order valence-electron chi connectivity index (χ3n) is 5.50. The van der Waals surface area contributed by atoms with Gasteiger partial charge in [0.2, 0.25) is 0 Å². The zero-order valence-electron chi connectivity index (χ0n) is 19.0. The lowest BCUT2D eigenvalue weighted by Crippen LogP contribution is -2.36. The van der Waals surface area contributed by atoms with E-state index in [9.17, 15) is 19.3 Å². The molecule has 0 saturated heterocycles. The van der Waals surface area contributed by atoms with Crippen LogP contribution in [0.25, 0.3) is 21.0 Å². The van der Waals surface area contributed by atoms with Gasteiger partial charge in [0, 0.05) is 17.5 Å². The highest BCUT2D eigenvalue weighted by atomic mass is 32.1. The summed E-state index contributed by atoms with van der Waals surface area (Å²) >= 11 is 1.14. The van der Waals surface area contributed by atoms with Crippen molar-refractivity contribution >= 4 is 44.0 Å². The Labute approximate surface area is 199 Å². The maximum absolute atomic E-state index is 13.6. The first-order chi connectivity index (χ1) is 16.3. The molecule has 0 saturated carbocycles. The summed E-state index contributed by atoms with van der Waals surface area (Å²) < 4.78 is 7.53. The molecule has 1 amide bonds. The van der Waals surface area contributed by atoms with Gasteiger partial charge in [0.15, 0.2) is 11.5 Å². The van der Waals surface area contributed by atoms with Crippen LogP contribution in [-0.4, -0.2) is 35.5 Å². The Balaban J connectivity index is 1.87. The van der Waals surface area contributed by atoms with Crippen molar-refractivity contribution in [1.82, 2.24) is 9.88 Å². The minimum absolute atomic E-state index is 0.0310.